The van der Waals surface area contributed by atoms with Crippen LogP contribution in [0.25, 0.3) is 17.0 Å². The van der Waals surface area contributed by atoms with Gasteiger partial charge in [-0.2, -0.15) is 0 Å². The number of anilines is 2. The molecule has 2 N–H and O–H groups in total. The molecule has 0 unspecified atom stereocenters. The maximum absolute atomic E-state index is 13.6. The fraction of sp³-hybridized carbons (Fsp3) is 0.217. The first-order valence-electron chi connectivity index (χ1n) is 9.73. The quantitative estimate of drug-likeness (QED) is 0.608. The number of carbonyl (C=O) groups excluding carboxylic acids is 2. The molecule has 0 saturated carbocycles. The summed E-state index contributed by atoms with van der Waals surface area (Å²) in [6.07, 6.45) is 4.30. The molecule has 1 aliphatic rings. The van der Waals surface area contributed by atoms with Crippen LogP contribution in [0.4, 0.5) is 15.8 Å². The molecule has 0 radical (unpaired) electrons. The summed E-state index contributed by atoms with van der Waals surface area (Å²) in [4.78, 5) is 24.0. The van der Waals surface area contributed by atoms with E-state index >= 15 is 0 Å². The first-order chi connectivity index (χ1) is 14.5. The first kappa shape index (κ1) is 19.8. The van der Waals surface area contributed by atoms with Crippen molar-refractivity contribution in [2.75, 3.05) is 24.4 Å². The normalized spacial score (nSPS) is 13.5. The molecule has 1 aliphatic heterocycles. The van der Waals surface area contributed by atoms with Gasteiger partial charge in [0.2, 0.25) is 11.8 Å². The van der Waals surface area contributed by atoms with Crippen molar-refractivity contribution in [3.05, 3.63) is 65.6 Å². The number of nitrogens with one attached hydrogen (secondary N) is 2. The molecule has 4 rings (SSSR count). The highest BCUT2D eigenvalue weighted by Crippen LogP contribution is 2.26. The van der Waals surface area contributed by atoms with Gasteiger partial charge in [0.1, 0.15) is 5.82 Å². The summed E-state index contributed by atoms with van der Waals surface area (Å²) >= 11 is 0. The largest absolute Gasteiger partial charge is 0.383 e. The Bertz CT molecular complexity index is 1150. The van der Waals surface area contributed by atoms with E-state index in [9.17, 15) is 14.0 Å². The molecule has 2 amide bonds. The zero-order valence-electron chi connectivity index (χ0n) is 16.6. The molecule has 1 aromatic heterocycles. The van der Waals surface area contributed by atoms with Crippen LogP contribution >= 0.6 is 0 Å². The van der Waals surface area contributed by atoms with E-state index in [-0.39, 0.29) is 17.6 Å². The lowest BCUT2D eigenvalue weighted by Gasteiger charge is -2.17. The van der Waals surface area contributed by atoms with Gasteiger partial charge in [-0.15, -0.1) is 0 Å². The highest BCUT2D eigenvalue weighted by Gasteiger charge is 2.15. The third-order valence-corrected chi connectivity index (χ3v) is 5.09. The maximum atomic E-state index is 13.6. The van der Waals surface area contributed by atoms with Crippen LogP contribution in [-0.2, 0) is 27.3 Å². The lowest BCUT2D eigenvalue weighted by atomic mass is 10.0. The molecule has 3 aromatic rings. The molecule has 2 aromatic carbocycles. The Kier molecular flexibility index (Phi) is 5.63. The molecule has 7 heteroatoms. The van der Waals surface area contributed by atoms with Gasteiger partial charge in [0.25, 0.3) is 0 Å². The Morgan fingerprint density at radius 3 is 2.93 bits per heavy atom. The predicted octanol–water partition coefficient (Wildman–Crippen LogP) is 3.96. The number of fused-ring (bicyclic) bond motifs is 2. The first-order valence-corrected chi connectivity index (χ1v) is 9.73. The number of methoxy groups -OCH3 is 1. The Labute approximate surface area is 173 Å². The van der Waals surface area contributed by atoms with E-state index in [4.69, 9.17) is 4.74 Å². The van der Waals surface area contributed by atoms with E-state index in [1.54, 1.807) is 25.3 Å². The van der Waals surface area contributed by atoms with E-state index in [0.29, 0.717) is 31.7 Å². The summed E-state index contributed by atoms with van der Waals surface area (Å²) < 4.78 is 20.7. The minimum absolute atomic E-state index is 0.0220. The van der Waals surface area contributed by atoms with Gasteiger partial charge < -0.3 is 19.9 Å². The Balaban J connectivity index is 1.53. The van der Waals surface area contributed by atoms with Crippen molar-refractivity contribution in [1.29, 1.82) is 0 Å². The van der Waals surface area contributed by atoms with Gasteiger partial charge in [0.05, 0.1) is 6.61 Å². The smallest absolute Gasteiger partial charge is 0.248 e. The monoisotopic (exact) mass is 407 g/mol. The van der Waals surface area contributed by atoms with Crippen LogP contribution in [-0.4, -0.2) is 30.1 Å². The van der Waals surface area contributed by atoms with Crippen molar-refractivity contribution in [3.63, 3.8) is 0 Å². The average Bonchev–Trinajstić information content (AvgIpc) is 3.06. The van der Waals surface area contributed by atoms with Crippen molar-refractivity contribution in [2.24, 2.45) is 0 Å². The minimum Gasteiger partial charge on any atom is -0.383 e. The molecule has 0 aliphatic carbocycles. The number of ether oxygens (including phenoxy) is 1. The van der Waals surface area contributed by atoms with Crippen LogP contribution in [0.2, 0.25) is 0 Å². The van der Waals surface area contributed by atoms with E-state index < -0.39 is 0 Å². The molecule has 6 nitrogen and oxygen atoms in total. The van der Waals surface area contributed by atoms with Gasteiger partial charge in [-0.1, -0.05) is 6.07 Å². The number of amides is 2. The lowest BCUT2D eigenvalue weighted by molar-refractivity contribution is -0.116. The SMILES string of the molecule is COCCn1c(/C=C/C(=O)Nc2ccc3c(c2)NC(=O)CC3)cc2cc(F)ccc21. The topological polar surface area (TPSA) is 72.4 Å². The number of benzene rings is 2. The van der Waals surface area contributed by atoms with Crippen LogP contribution in [0.3, 0.4) is 0 Å². The molecule has 0 bridgehead atoms. The second-order valence-electron chi connectivity index (χ2n) is 7.16. The van der Waals surface area contributed by atoms with Crippen LogP contribution in [0.15, 0.2) is 48.5 Å². The summed E-state index contributed by atoms with van der Waals surface area (Å²) in [5.41, 5.74) is 4.04. The number of halogens is 1. The number of aryl methyl sites for hydroxylation is 1. The molecule has 0 atom stereocenters. The number of hydrogen-bond acceptors (Lipinski definition) is 3. The van der Waals surface area contributed by atoms with Gasteiger partial charge in [0.15, 0.2) is 0 Å². The molecule has 154 valence electrons. The molecular formula is C23H22FN3O3. The lowest BCUT2D eigenvalue weighted by Crippen LogP contribution is -2.19. The van der Waals surface area contributed by atoms with Gasteiger partial charge >= 0.3 is 0 Å². The van der Waals surface area contributed by atoms with Gasteiger partial charge in [-0.3, -0.25) is 9.59 Å². The predicted molar refractivity (Wildman–Crippen MR) is 115 cm³/mol. The van der Waals surface area contributed by atoms with Crippen molar-refractivity contribution in [1.82, 2.24) is 4.57 Å². The van der Waals surface area contributed by atoms with Crippen molar-refractivity contribution in [3.8, 4) is 0 Å². The van der Waals surface area contributed by atoms with Gasteiger partial charge in [-0.25, -0.2) is 4.39 Å². The van der Waals surface area contributed by atoms with E-state index in [0.717, 1.165) is 27.8 Å². The molecule has 0 saturated heterocycles. The van der Waals surface area contributed by atoms with Gasteiger partial charge in [0, 0.05) is 54.1 Å². The second-order valence-corrected chi connectivity index (χ2v) is 7.16. The van der Waals surface area contributed by atoms with Crippen LogP contribution in [0, 0.1) is 5.82 Å². The zero-order chi connectivity index (χ0) is 21.1. The number of carbonyl (C=O) groups is 2. The van der Waals surface area contributed by atoms with Crippen molar-refractivity contribution in [2.45, 2.75) is 19.4 Å². The fourth-order valence-corrected chi connectivity index (χ4v) is 3.63. The minimum atomic E-state index is -0.306. The Morgan fingerprint density at radius 1 is 1.23 bits per heavy atom. The molecule has 2 heterocycles. The molecular weight excluding hydrogens is 385 g/mol. The van der Waals surface area contributed by atoms with Gasteiger partial charge in [-0.05, 0) is 54.5 Å². The molecule has 0 fully saturated rings. The standard InChI is InChI=1S/C23H22FN3O3/c1-30-11-10-27-19(13-16-12-17(24)4-7-21(16)27)6-9-22(28)25-18-5-2-15-3-8-23(29)26-20(15)14-18/h2,4-7,9,12-14H,3,8,10-11H2,1H3,(H,25,28)(H,26,29)/b9-6+. The average molecular weight is 407 g/mol. The fourth-order valence-electron chi connectivity index (χ4n) is 3.63. The summed E-state index contributed by atoms with van der Waals surface area (Å²) in [5.74, 6) is -0.628. The number of rotatable bonds is 6. The highest BCUT2D eigenvalue weighted by molar-refractivity contribution is 6.03. The molecule has 0 spiro atoms. The van der Waals surface area contributed by atoms with Crippen LogP contribution in [0.5, 0.6) is 0 Å². The Morgan fingerprint density at radius 2 is 2.10 bits per heavy atom. The summed E-state index contributed by atoms with van der Waals surface area (Å²) in [6, 6.07) is 11.9. The zero-order valence-corrected chi connectivity index (χ0v) is 16.6. The number of hydrogen-bond donors (Lipinski definition) is 2. The highest BCUT2D eigenvalue weighted by atomic mass is 19.1. The van der Waals surface area contributed by atoms with E-state index in [1.807, 2.05) is 22.8 Å². The summed E-state index contributed by atoms with van der Waals surface area (Å²) in [7, 11) is 1.62. The third-order valence-electron chi connectivity index (χ3n) is 5.09. The second kappa shape index (κ2) is 8.51. The third kappa shape index (κ3) is 4.26. The van der Waals surface area contributed by atoms with E-state index in [2.05, 4.69) is 10.6 Å². The summed E-state index contributed by atoms with van der Waals surface area (Å²) in [5, 5.41) is 6.40. The Hall–Kier alpha value is -3.45. The van der Waals surface area contributed by atoms with Crippen molar-refractivity contribution >= 4 is 40.2 Å². The van der Waals surface area contributed by atoms with E-state index in [1.165, 1.54) is 18.2 Å². The van der Waals surface area contributed by atoms with Crippen LogP contribution in [0.1, 0.15) is 17.7 Å². The van der Waals surface area contributed by atoms with Crippen LogP contribution < -0.4 is 10.6 Å². The number of aromatic nitrogens is 1. The number of nitrogens with zero attached hydrogens (tertiary/aromatic N) is 1. The molecule has 30 heavy (non-hydrogen) atoms. The maximum Gasteiger partial charge on any atom is 0.248 e. The summed E-state index contributed by atoms with van der Waals surface area (Å²) in [6.45, 7) is 1.08. The van der Waals surface area contributed by atoms with Crippen molar-refractivity contribution < 1.29 is 18.7 Å².